The maximum absolute atomic E-state index is 12.8. The lowest BCUT2D eigenvalue weighted by molar-refractivity contribution is -0.133. The molecule has 0 bridgehead atoms. The molecule has 1 aliphatic rings. The lowest BCUT2D eigenvalue weighted by Gasteiger charge is -2.31. The van der Waals surface area contributed by atoms with Gasteiger partial charge in [0.1, 0.15) is 0 Å². The first kappa shape index (κ1) is 20.2. The highest BCUT2D eigenvalue weighted by Gasteiger charge is 2.25. The Morgan fingerprint density at radius 3 is 2.56 bits per heavy atom. The number of halogens is 2. The molecule has 0 radical (unpaired) electrons. The number of carbonyl (C=O) groups excluding carboxylic acids is 1. The molecule has 1 aliphatic heterocycles. The van der Waals surface area contributed by atoms with Gasteiger partial charge in [0.2, 0.25) is 5.91 Å². The highest BCUT2D eigenvalue weighted by molar-refractivity contribution is 6.42. The van der Waals surface area contributed by atoms with Gasteiger partial charge < -0.3 is 9.64 Å². The second-order valence-corrected chi connectivity index (χ2v) is 7.69. The van der Waals surface area contributed by atoms with Crippen LogP contribution in [0.5, 0.6) is 0 Å². The first-order valence-corrected chi connectivity index (χ1v) is 10.1. The first-order chi connectivity index (χ1) is 12.9. The highest BCUT2D eigenvalue weighted by atomic mass is 35.5. The topological polar surface area (TPSA) is 47.4 Å². The summed E-state index contributed by atoms with van der Waals surface area (Å²) in [5, 5.41) is 5.60. The number of rotatable bonds is 5. The molecule has 2 aromatic rings. The quantitative estimate of drug-likeness (QED) is 0.736. The van der Waals surface area contributed by atoms with Gasteiger partial charge in [-0.05, 0) is 51.8 Å². The molecule has 3 rings (SSSR count). The van der Waals surface area contributed by atoms with Crippen molar-refractivity contribution in [3.63, 3.8) is 0 Å². The summed E-state index contributed by atoms with van der Waals surface area (Å²) in [5.41, 5.74) is 3.61. The Labute approximate surface area is 170 Å². The molecule has 146 valence electrons. The molecule has 1 aromatic carbocycles. The highest BCUT2D eigenvalue weighted by Crippen LogP contribution is 2.26. The van der Waals surface area contributed by atoms with E-state index in [0.717, 1.165) is 55.2 Å². The second kappa shape index (κ2) is 8.63. The summed E-state index contributed by atoms with van der Waals surface area (Å²) in [6.45, 7) is 8.15. The van der Waals surface area contributed by atoms with Crippen LogP contribution in [0.15, 0.2) is 18.2 Å². The van der Waals surface area contributed by atoms with E-state index in [1.54, 1.807) is 12.1 Å². The number of aromatic nitrogens is 2. The molecular formula is C20H25Cl2N3O2. The average Bonchev–Trinajstić information content (AvgIpc) is 2.93. The minimum absolute atomic E-state index is 0.143. The molecule has 0 spiro atoms. The van der Waals surface area contributed by atoms with Crippen LogP contribution in [-0.4, -0.2) is 46.4 Å². The number of hydrogen-bond donors (Lipinski definition) is 0. The predicted octanol–water partition coefficient (Wildman–Crippen LogP) is 4.37. The summed E-state index contributed by atoms with van der Waals surface area (Å²) in [6, 6.07) is 5.41. The van der Waals surface area contributed by atoms with Gasteiger partial charge in [0.25, 0.3) is 0 Å². The Bertz CT molecular complexity index is 827. The monoisotopic (exact) mass is 409 g/mol. The van der Waals surface area contributed by atoms with Crippen molar-refractivity contribution in [2.45, 2.75) is 46.1 Å². The van der Waals surface area contributed by atoms with Gasteiger partial charge in [0.05, 0.1) is 34.0 Å². The van der Waals surface area contributed by atoms with E-state index >= 15 is 0 Å². The fraction of sp³-hybridized carbons (Fsp3) is 0.500. The summed E-state index contributed by atoms with van der Waals surface area (Å²) < 4.78 is 7.49. The van der Waals surface area contributed by atoms with Crippen molar-refractivity contribution in [2.24, 2.45) is 0 Å². The van der Waals surface area contributed by atoms with Gasteiger partial charge in [-0.2, -0.15) is 5.10 Å². The molecule has 1 amide bonds. The Kier molecular flexibility index (Phi) is 6.45. The van der Waals surface area contributed by atoms with Crippen molar-refractivity contribution >= 4 is 29.1 Å². The molecule has 1 fully saturated rings. The maximum Gasteiger partial charge on any atom is 0.227 e. The number of ether oxygens (including phenoxy) is 1. The lowest BCUT2D eigenvalue weighted by Crippen LogP contribution is -2.41. The predicted molar refractivity (Wildman–Crippen MR) is 108 cm³/mol. The lowest BCUT2D eigenvalue weighted by atomic mass is 10.1. The third-order valence-electron chi connectivity index (χ3n) is 5.11. The van der Waals surface area contributed by atoms with Gasteiger partial charge in [0, 0.05) is 31.0 Å². The summed E-state index contributed by atoms with van der Waals surface area (Å²) in [4.78, 5) is 14.7. The molecule has 2 heterocycles. The minimum atomic E-state index is 0.143. The normalized spacial score (nSPS) is 15.4. The number of carbonyl (C=O) groups is 1. The van der Waals surface area contributed by atoms with Crippen LogP contribution in [0.2, 0.25) is 10.0 Å². The standard InChI is InChI=1S/C20H25Cl2N3O2/c1-4-27-16-7-9-24(10-8-16)20(26)12-17-13(2)23-25(14(17)3)15-5-6-18(21)19(22)11-15/h5-6,11,16H,4,7-10,12H2,1-3H3. The van der Waals surface area contributed by atoms with Crippen LogP contribution < -0.4 is 0 Å². The van der Waals surface area contributed by atoms with E-state index in [1.807, 2.05) is 36.4 Å². The average molecular weight is 410 g/mol. The molecule has 1 saturated heterocycles. The zero-order chi connectivity index (χ0) is 19.6. The SMILES string of the molecule is CCOC1CCN(C(=O)Cc2c(C)nn(-c3ccc(Cl)c(Cl)c3)c2C)CC1. The molecule has 0 atom stereocenters. The van der Waals surface area contributed by atoms with E-state index in [2.05, 4.69) is 5.10 Å². The van der Waals surface area contributed by atoms with Crippen molar-refractivity contribution in [3.05, 3.63) is 45.2 Å². The van der Waals surface area contributed by atoms with Crippen LogP contribution in [0.1, 0.15) is 36.7 Å². The number of amides is 1. The van der Waals surface area contributed by atoms with Gasteiger partial charge in [-0.3, -0.25) is 4.79 Å². The van der Waals surface area contributed by atoms with E-state index in [1.165, 1.54) is 0 Å². The Hall–Kier alpha value is -1.56. The first-order valence-electron chi connectivity index (χ1n) is 9.30. The third kappa shape index (κ3) is 4.48. The van der Waals surface area contributed by atoms with E-state index in [0.29, 0.717) is 16.5 Å². The number of aryl methyl sites for hydroxylation is 1. The number of benzene rings is 1. The van der Waals surface area contributed by atoms with E-state index in [4.69, 9.17) is 27.9 Å². The van der Waals surface area contributed by atoms with Crippen LogP contribution in [0.25, 0.3) is 5.69 Å². The molecule has 27 heavy (non-hydrogen) atoms. The molecule has 0 saturated carbocycles. The molecular weight excluding hydrogens is 385 g/mol. The molecule has 5 nitrogen and oxygen atoms in total. The van der Waals surface area contributed by atoms with Gasteiger partial charge in [-0.15, -0.1) is 0 Å². The van der Waals surface area contributed by atoms with Crippen LogP contribution in [0.3, 0.4) is 0 Å². The van der Waals surface area contributed by atoms with E-state index in [9.17, 15) is 4.79 Å². The van der Waals surface area contributed by atoms with Gasteiger partial charge in [-0.25, -0.2) is 4.68 Å². The van der Waals surface area contributed by atoms with Crippen LogP contribution in [0.4, 0.5) is 0 Å². The van der Waals surface area contributed by atoms with Crippen LogP contribution in [-0.2, 0) is 16.0 Å². The van der Waals surface area contributed by atoms with Crippen molar-refractivity contribution in [3.8, 4) is 5.69 Å². The van der Waals surface area contributed by atoms with Crippen molar-refractivity contribution in [2.75, 3.05) is 19.7 Å². The second-order valence-electron chi connectivity index (χ2n) is 6.87. The molecule has 0 unspecified atom stereocenters. The summed E-state index contributed by atoms with van der Waals surface area (Å²) in [6.07, 6.45) is 2.44. The molecule has 7 heteroatoms. The van der Waals surface area contributed by atoms with E-state index in [-0.39, 0.29) is 12.0 Å². The molecule has 0 N–H and O–H groups in total. The Balaban J connectivity index is 1.73. The largest absolute Gasteiger partial charge is 0.378 e. The van der Waals surface area contributed by atoms with Crippen molar-refractivity contribution in [1.29, 1.82) is 0 Å². The van der Waals surface area contributed by atoms with Crippen LogP contribution >= 0.6 is 23.2 Å². The number of hydrogen-bond acceptors (Lipinski definition) is 3. The van der Waals surface area contributed by atoms with Gasteiger partial charge in [0.15, 0.2) is 0 Å². The molecule has 0 aliphatic carbocycles. The number of piperidine rings is 1. The van der Waals surface area contributed by atoms with Gasteiger partial charge in [-0.1, -0.05) is 23.2 Å². The van der Waals surface area contributed by atoms with Gasteiger partial charge >= 0.3 is 0 Å². The van der Waals surface area contributed by atoms with Crippen LogP contribution in [0, 0.1) is 13.8 Å². The number of likely N-dealkylation sites (tertiary alicyclic amines) is 1. The zero-order valence-corrected chi connectivity index (χ0v) is 17.5. The molecule has 1 aromatic heterocycles. The summed E-state index contributed by atoms with van der Waals surface area (Å²) in [7, 11) is 0. The summed E-state index contributed by atoms with van der Waals surface area (Å²) in [5.74, 6) is 0.143. The fourth-order valence-electron chi connectivity index (χ4n) is 3.57. The van der Waals surface area contributed by atoms with Crippen molar-refractivity contribution < 1.29 is 9.53 Å². The Morgan fingerprint density at radius 2 is 1.93 bits per heavy atom. The Morgan fingerprint density at radius 1 is 1.22 bits per heavy atom. The number of nitrogens with zero attached hydrogens (tertiary/aromatic N) is 3. The summed E-state index contributed by atoms with van der Waals surface area (Å²) >= 11 is 12.1. The maximum atomic E-state index is 12.8. The zero-order valence-electron chi connectivity index (χ0n) is 16.0. The fourth-order valence-corrected chi connectivity index (χ4v) is 3.86. The third-order valence-corrected chi connectivity index (χ3v) is 5.85. The van der Waals surface area contributed by atoms with E-state index < -0.39 is 0 Å². The smallest absolute Gasteiger partial charge is 0.227 e. The van der Waals surface area contributed by atoms with Crippen molar-refractivity contribution in [1.82, 2.24) is 14.7 Å². The minimum Gasteiger partial charge on any atom is -0.378 e.